The zero-order valence-corrected chi connectivity index (χ0v) is 10.9. The Bertz CT molecular complexity index is 575. The maximum atomic E-state index is 11.6. The van der Waals surface area contributed by atoms with Gasteiger partial charge in [0.2, 0.25) is 5.91 Å². The highest BCUT2D eigenvalue weighted by atomic mass is 16.1. The smallest absolute Gasteiger partial charge is 0.254 e. The third-order valence-electron chi connectivity index (χ3n) is 2.63. The van der Waals surface area contributed by atoms with Gasteiger partial charge in [0, 0.05) is 17.8 Å². The molecule has 2 aromatic heterocycles. The summed E-state index contributed by atoms with van der Waals surface area (Å²) in [5.74, 6) is 0.776. The molecule has 2 heterocycles. The van der Waals surface area contributed by atoms with Crippen LogP contribution in [0.1, 0.15) is 37.6 Å². The number of hydrogen-bond acceptors (Lipinski definition) is 4. The molecule has 0 saturated carbocycles. The summed E-state index contributed by atoms with van der Waals surface area (Å²) in [5, 5.41) is 6.90. The van der Waals surface area contributed by atoms with Crippen molar-refractivity contribution < 1.29 is 4.79 Å². The van der Waals surface area contributed by atoms with Gasteiger partial charge in [-0.3, -0.25) is 10.1 Å². The first-order valence-electron chi connectivity index (χ1n) is 6.11. The predicted molar refractivity (Wildman–Crippen MR) is 68.4 cm³/mol. The SMILES string of the molecule is CCCCC(=O)Nc1nc2nc(C)cc(C)n2n1. The molecule has 6 nitrogen and oxygen atoms in total. The van der Waals surface area contributed by atoms with Crippen LogP contribution in [0.25, 0.3) is 5.78 Å². The Morgan fingerprint density at radius 2 is 2.17 bits per heavy atom. The lowest BCUT2D eigenvalue weighted by Crippen LogP contribution is -2.12. The largest absolute Gasteiger partial charge is 0.293 e. The van der Waals surface area contributed by atoms with Crippen molar-refractivity contribution in [3.05, 3.63) is 17.5 Å². The number of amides is 1. The highest BCUT2D eigenvalue weighted by Crippen LogP contribution is 2.08. The Morgan fingerprint density at radius 3 is 2.89 bits per heavy atom. The number of fused-ring (bicyclic) bond motifs is 1. The van der Waals surface area contributed by atoms with E-state index in [2.05, 4.69) is 20.4 Å². The molecule has 96 valence electrons. The third kappa shape index (κ3) is 2.64. The Kier molecular flexibility index (Phi) is 3.55. The van der Waals surface area contributed by atoms with Crippen molar-refractivity contribution in [2.45, 2.75) is 40.0 Å². The van der Waals surface area contributed by atoms with Crippen LogP contribution < -0.4 is 5.32 Å². The molecule has 0 atom stereocenters. The first-order chi connectivity index (χ1) is 8.60. The van der Waals surface area contributed by atoms with Gasteiger partial charge >= 0.3 is 0 Å². The molecule has 2 rings (SSSR count). The average Bonchev–Trinajstić information content (AvgIpc) is 2.69. The lowest BCUT2D eigenvalue weighted by atomic mass is 10.2. The summed E-state index contributed by atoms with van der Waals surface area (Å²) in [5.41, 5.74) is 1.83. The molecule has 0 unspecified atom stereocenters. The van der Waals surface area contributed by atoms with Gasteiger partial charge in [-0.2, -0.15) is 9.50 Å². The zero-order chi connectivity index (χ0) is 13.1. The topological polar surface area (TPSA) is 72.2 Å². The fourth-order valence-electron chi connectivity index (χ4n) is 1.74. The quantitative estimate of drug-likeness (QED) is 0.895. The van der Waals surface area contributed by atoms with Crippen molar-refractivity contribution in [3.63, 3.8) is 0 Å². The number of anilines is 1. The highest BCUT2D eigenvalue weighted by molar-refractivity contribution is 5.89. The summed E-state index contributed by atoms with van der Waals surface area (Å²) < 4.78 is 1.63. The van der Waals surface area contributed by atoms with Crippen LogP contribution in [0.15, 0.2) is 6.07 Å². The molecule has 0 aliphatic rings. The van der Waals surface area contributed by atoms with E-state index < -0.39 is 0 Å². The molecule has 0 radical (unpaired) electrons. The predicted octanol–water partition coefficient (Wildman–Crippen LogP) is 1.87. The number of rotatable bonds is 4. The number of nitrogens with zero attached hydrogens (tertiary/aromatic N) is 4. The molecule has 0 aliphatic heterocycles. The zero-order valence-electron chi connectivity index (χ0n) is 10.9. The highest BCUT2D eigenvalue weighted by Gasteiger charge is 2.09. The Labute approximate surface area is 105 Å². The van der Waals surface area contributed by atoms with E-state index in [1.807, 2.05) is 26.8 Å². The maximum absolute atomic E-state index is 11.6. The van der Waals surface area contributed by atoms with Gasteiger partial charge in [0.15, 0.2) is 0 Å². The third-order valence-corrected chi connectivity index (χ3v) is 2.63. The lowest BCUT2D eigenvalue weighted by Gasteiger charge is -1.98. The molecule has 0 aliphatic carbocycles. The van der Waals surface area contributed by atoms with E-state index in [4.69, 9.17) is 0 Å². The van der Waals surface area contributed by atoms with Gasteiger partial charge in [-0.1, -0.05) is 13.3 Å². The number of aryl methyl sites for hydroxylation is 2. The van der Waals surface area contributed by atoms with Gasteiger partial charge in [-0.15, -0.1) is 5.10 Å². The van der Waals surface area contributed by atoms with E-state index in [-0.39, 0.29) is 5.91 Å². The van der Waals surface area contributed by atoms with E-state index >= 15 is 0 Å². The summed E-state index contributed by atoms with van der Waals surface area (Å²) in [6.07, 6.45) is 2.36. The number of aromatic nitrogens is 4. The molecule has 1 amide bonds. The fraction of sp³-hybridized carbons (Fsp3) is 0.500. The van der Waals surface area contributed by atoms with Gasteiger partial charge in [-0.05, 0) is 26.3 Å². The minimum atomic E-state index is -0.0536. The first-order valence-corrected chi connectivity index (χ1v) is 6.11. The van der Waals surface area contributed by atoms with Crippen molar-refractivity contribution >= 4 is 17.6 Å². The van der Waals surface area contributed by atoms with Crippen LogP contribution in [0.5, 0.6) is 0 Å². The van der Waals surface area contributed by atoms with Gasteiger partial charge in [0.05, 0.1) is 0 Å². The van der Waals surface area contributed by atoms with Crippen molar-refractivity contribution in [1.82, 2.24) is 19.6 Å². The van der Waals surface area contributed by atoms with E-state index in [0.29, 0.717) is 18.1 Å². The molecule has 0 aromatic carbocycles. The van der Waals surface area contributed by atoms with Gasteiger partial charge < -0.3 is 0 Å². The van der Waals surface area contributed by atoms with Crippen molar-refractivity contribution in [2.24, 2.45) is 0 Å². The summed E-state index contributed by atoms with van der Waals surface area (Å²) >= 11 is 0. The van der Waals surface area contributed by atoms with Crippen LogP contribution in [0, 0.1) is 13.8 Å². The molecule has 2 aromatic rings. The van der Waals surface area contributed by atoms with Crippen molar-refractivity contribution in [2.75, 3.05) is 5.32 Å². The van der Waals surface area contributed by atoms with E-state index in [1.54, 1.807) is 4.52 Å². The Morgan fingerprint density at radius 1 is 1.39 bits per heavy atom. The number of hydrogen-bond donors (Lipinski definition) is 1. The molecule has 18 heavy (non-hydrogen) atoms. The normalized spacial score (nSPS) is 10.8. The molecule has 0 bridgehead atoms. The number of carbonyl (C=O) groups excluding carboxylic acids is 1. The Hall–Kier alpha value is -1.98. The summed E-state index contributed by atoms with van der Waals surface area (Å²) in [7, 11) is 0. The molecular formula is C12H17N5O. The van der Waals surface area contributed by atoms with Crippen LogP contribution in [-0.2, 0) is 4.79 Å². The van der Waals surface area contributed by atoms with Gasteiger partial charge in [0.25, 0.3) is 11.7 Å². The van der Waals surface area contributed by atoms with Crippen molar-refractivity contribution in [1.29, 1.82) is 0 Å². The number of unbranched alkanes of at least 4 members (excludes halogenated alkanes) is 1. The van der Waals surface area contributed by atoms with Crippen LogP contribution in [0.3, 0.4) is 0 Å². The number of carbonyl (C=O) groups is 1. The second kappa shape index (κ2) is 5.12. The molecular weight excluding hydrogens is 230 g/mol. The van der Waals surface area contributed by atoms with Crippen molar-refractivity contribution in [3.8, 4) is 0 Å². The van der Waals surface area contributed by atoms with Crippen LogP contribution >= 0.6 is 0 Å². The second-order valence-corrected chi connectivity index (χ2v) is 4.34. The molecule has 0 spiro atoms. The molecule has 6 heteroatoms. The van der Waals surface area contributed by atoms with Gasteiger partial charge in [0.1, 0.15) is 0 Å². The summed E-state index contributed by atoms with van der Waals surface area (Å²) in [6.45, 7) is 5.88. The second-order valence-electron chi connectivity index (χ2n) is 4.34. The molecule has 0 fully saturated rings. The Balaban J connectivity index is 2.20. The van der Waals surface area contributed by atoms with E-state index in [9.17, 15) is 4.79 Å². The van der Waals surface area contributed by atoms with Crippen LogP contribution in [-0.4, -0.2) is 25.5 Å². The summed E-state index contributed by atoms with van der Waals surface area (Å²) in [6, 6.07) is 1.92. The molecule has 0 saturated heterocycles. The van der Waals surface area contributed by atoms with Crippen LogP contribution in [0.2, 0.25) is 0 Å². The first kappa shape index (κ1) is 12.5. The monoisotopic (exact) mass is 247 g/mol. The van der Waals surface area contributed by atoms with E-state index in [0.717, 1.165) is 24.2 Å². The minimum absolute atomic E-state index is 0.0536. The maximum Gasteiger partial charge on any atom is 0.254 e. The standard InChI is InChI=1S/C12H17N5O/c1-4-5-6-10(18)14-11-15-12-13-8(2)7-9(3)17(12)16-11/h7H,4-6H2,1-3H3,(H,14,16,18). The number of nitrogens with one attached hydrogen (secondary N) is 1. The van der Waals surface area contributed by atoms with E-state index in [1.165, 1.54) is 0 Å². The average molecular weight is 247 g/mol. The van der Waals surface area contributed by atoms with Crippen LogP contribution in [0.4, 0.5) is 5.95 Å². The molecule has 1 N–H and O–H groups in total. The lowest BCUT2D eigenvalue weighted by molar-refractivity contribution is -0.116. The fourth-order valence-corrected chi connectivity index (χ4v) is 1.74. The summed E-state index contributed by atoms with van der Waals surface area (Å²) in [4.78, 5) is 20.0. The van der Waals surface area contributed by atoms with Gasteiger partial charge in [-0.25, -0.2) is 4.98 Å². The minimum Gasteiger partial charge on any atom is -0.293 e.